The Kier molecular flexibility index (Phi) is 14.0. The Morgan fingerprint density at radius 2 is 1.88 bits per heavy atom. The van der Waals surface area contributed by atoms with E-state index in [0.717, 1.165) is 81.1 Å². The zero-order valence-corrected chi connectivity index (χ0v) is 33.5. The molecule has 0 aromatic heterocycles. The van der Waals surface area contributed by atoms with Gasteiger partial charge in [0.2, 0.25) is 18.0 Å². The van der Waals surface area contributed by atoms with Crippen molar-refractivity contribution < 1.29 is 43.2 Å². The van der Waals surface area contributed by atoms with Crippen molar-refractivity contribution in [2.75, 3.05) is 33.0 Å². The molecule has 2 aromatic rings. The fourth-order valence-corrected chi connectivity index (χ4v) is 9.66. The van der Waals surface area contributed by atoms with E-state index >= 15 is 0 Å². The minimum atomic E-state index is -1.29. The number of halogens is 1. The van der Waals surface area contributed by atoms with Crippen LogP contribution in [0.4, 0.5) is 4.39 Å². The summed E-state index contributed by atoms with van der Waals surface area (Å²) in [5, 5.41) is 24.7. The van der Waals surface area contributed by atoms with Gasteiger partial charge in [0.25, 0.3) is 0 Å². The van der Waals surface area contributed by atoms with Crippen LogP contribution in [-0.4, -0.2) is 77.8 Å². The summed E-state index contributed by atoms with van der Waals surface area (Å²) < 4.78 is 41.4. The topological polar surface area (TPSA) is 119 Å². The number of hydrogen-bond acceptors (Lipinski definition) is 9. The highest BCUT2D eigenvalue weighted by atomic mass is 19.1. The van der Waals surface area contributed by atoms with Gasteiger partial charge in [0.15, 0.2) is 0 Å². The van der Waals surface area contributed by atoms with Gasteiger partial charge < -0.3 is 38.9 Å². The minimum absolute atomic E-state index is 0.0217. The molecule has 0 bridgehead atoms. The highest BCUT2D eigenvalue weighted by Crippen LogP contribution is 2.62. The number of unbranched alkanes of at least 4 members (excludes halogenated alkanes) is 2. The molecule has 0 spiro atoms. The SMILES string of the molecule is C=CCO[C@@]12Oc3ccc(OCc4ccccc4F)cc3[C@H]3[C@H](CCCCO)[C@@H](CCCCO)C=C(C(=NOC4CCCCO4)C[C@@H]1N(CCC)C(=O)C1CC1)[C@H]32. The number of oxime groups is 1. The molecule has 1 amide bonds. The van der Waals surface area contributed by atoms with Crippen molar-refractivity contribution in [3.05, 3.63) is 83.7 Å². The van der Waals surface area contributed by atoms with E-state index in [1.165, 1.54) is 6.07 Å². The molecule has 57 heavy (non-hydrogen) atoms. The average Bonchev–Trinajstić information content (AvgIpc) is 4.09. The Morgan fingerprint density at radius 1 is 1.07 bits per heavy atom. The van der Waals surface area contributed by atoms with E-state index in [-0.39, 0.29) is 61.8 Å². The molecule has 10 nitrogen and oxygen atoms in total. The molecule has 2 heterocycles. The van der Waals surface area contributed by atoms with E-state index in [4.69, 9.17) is 28.9 Å². The van der Waals surface area contributed by atoms with Crippen LogP contribution in [0.3, 0.4) is 0 Å². The standard InChI is InChI=1S/C46H61FN2O8/c1-3-22-49(45(52)31-18-19-31)41-29-39(48-57-42-17-9-12-26-53-42)36-27-32(13-7-10-23-50)35(15-8-11-24-51)43-37-28-34(54-30-33-14-5-6-16-38(33)47)20-21-40(37)56-46(41,44(36)43)55-25-4-2/h4-6,14,16,20-21,27-28,31-32,35,41-44,50-51H,2-3,7-13,15,17-19,22-26,29-30H2,1H3/t32-,35+,41-,42?,43+,44+,46+/m0/s1. The Balaban J connectivity index is 1.40. The summed E-state index contributed by atoms with van der Waals surface area (Å²) in [6, 6.07) is 11.9. The number of ether oxygens (including phenoxy) is 4. The van der Waals surface area contributed by atoms with E-state index < -0.39 is 24.0 Å². The monoisotopic (exact) mass is 788 g/mol. The third kappa shape index (κ3) is 9.12. The summed E-state index contributed by atoms with van der Waals surface area (Å²) in [7, 11) is 0. The number of carbonyl (C=O) groups is 1. The molecule has 310 valence electrons. The van der Waals surface area contributed by atoms with Gasteiger partial charge in [-0.05, 0) is 99.5 Å². The van der Waals surface area contributed by atoms with E-state index in [2.05, 4.69) is 19.6 Å². The Morgan fingerprint density at radius 3 is 2.60 bits per heavy atom. The molecule has 5 aliphatic rings. The second kappa shape index (κ2) is 19.3. The number of allylic oxidation sites excluding steroid dienone is 1. The third-order valence-corrected chi connectivity index (χ3v) is 12.5. The second-order valence-corrected chi connectivity index (χ2v) is 16.4. The number of carbonyl (C=O) groups excluding carboxylic acids is 1. The van der Waals surface area contributed by atoms with Crippen LogP contribution < -0.4 is 9.47 Å². The van der Waals surface area contributed by atoms with Crippen LogP contribution >= 0.6 is 0 Å². The zero-order chi connectivity index (χ0) is 39.8. The third-order valence-electron chi connectivity index (χ3n) is 12.5. The van der Waals surface area contributed by atoms with Crippen LogP contribution in [0.1, 0.15) is 107 Å². The maximum atomic E-state index is 14.7. The summed E-state index contributed by atoms with van der Waals surface area (Å²) in [6.45, 7) is 7.78. The van der Waals surface area contributed by atoms with Crippen molar-refractivity contribution >= 4 is 11.6 Å². The molecule has 2 aromatic carbocycles. The lowest BCUT2D eigenvalue weighted by Gasteiger charge is -2.60. The molecule has 3 aliphatic carbocycles. The van der Waals surface area contributed by atoms with Gasteiger partial charge in [-0.1, -0.05) is 55.3 Å². The quantitative estimate of drug-likeness (QED) is 0.0784. The van der Waals surface area contributed by atoms with Gasteiger partial charge in [-0.3, -0.25) is 4.79 Å². The first kappa shape index (κ1) is 41.4. The van der Waals surface area contributed by atoms with Crippen LogP contribution in [0.15, 0.2) is 71.9 Å². The van der Waals surface area contributed by atoms with Gasteiger partial charge in [0.1, 0.15) is 30.0 Å². The maximum Gasteiger partial charge on any atom is 0.239 e. The van der Waals surface area contributed by atoms with Crippen molar-refractivity contribution in [1.29, 1.82) is 0 Å². The first-order chi connectivity index (χ1) is 27.9. The number of fused-ring (bicyclic) bond motifs is 2. The summed E-state index contributed by atoms with van der Waals surface area (Å²) in [6.07, 6.45) is 14.0. The normalized spacial score (nSPS) is 28.4. The van der Waals surface area contributed by atoms with Gasteiger partial charge in [0, 0.05) is 55.6 Å². The zero-order valence-electron chi connectivity index (χ0n) is 33.5. The first-order valence-electron chi connectivity index (χ1n) is 21.4. The second-order valence-electron chi connectivity index (χ2n) is 16.4. The van der Waals surface area contributed by atoms with E-state index in [0.29, 0.717) is 49.5 Å². The minimum Gasteiger partial charge on any atom is -0.489 e. The molecule has 3 fully saturated rings. The molecular weight excluding hydrogens is 728 g/mol. The van der Waals surface area contributed by atoms with E-state index in [1.807, 2.05) is 23.1 Å². The fraction of sp³-hybridized carbons (Fsp3) is 0.609. The highest BCUT2D eigenvalue weighted by molar-refractivity contribution is 6.03. The number of amides is 1. The first-order valence-corrected chi connectivity index (χ1v) is 21.4. The van der Waals surface area contributed by atoms with Crippen molar-refractivity contribution in [3.8, 4) is 11.5 Å². The van der Waals surface area contributed by atoms with Crippen molar-refractivity contribution in [1.82, 2.24) is 4.90 Å². The predicted octanol–water partition coefficient (Wildman–Crippen LogP) is 8.21. The number of hydrogen-bond donors (Lipinski definition) is 2. The van der Waals surface area contributed by atoms with Crippen molar-refractivity contribution in [2.45, 2.75) is 121 Å². The summed E-state index contributed by atoms with van der Waals surface area (Å²) in [5.41, 5.74) is 3.18. The van der Waals surface area contributed by atoms with Crippen LogP contribution in [0.25, 0.3) is 0 Å². The highest BCUT2D eigenvalue weighted by Gasteiger charge is 2.65. The number of nitrogens with zero attached hydrogens (tertiary/aromatic N) is 2. The lowest BCUT2D eigenvalue weighted by atomic mass is 9.55. The van der Waals surface area contributed by atoms with E-state index in [1.54, 1.807) is 24.3 Å². The molecule has 7 rings (SSSR count). The average molecular weight is 789 g/mol. The van der Waals surface area contributed by atoms with Crippen LogP contribution in [0, 0.1) is 29.5 Å². The number of benzene rings is 2. The fourth-order valence-electron chi connectivity index (χ4n) is 9.66. The molecule has 11 heteroatoms. The molecule has 2 N–H and O–H groups in total. The smallest absolute Gasteiger partial charge is 0.239 e. The number of aliphatic hydroxyl groups is 2. The lowest BCUT2D eigenvalue weighted by Crippen LogP contribution is -2.70. The molecule has 2 saturated carbocycles. The van der Waals surface area contributed by atoms with Gasteiger partial charge in [0.05, 0.1) is 24.8 Å². The molecule has 0 radical (unpaired) electrons. The largest absolute Gasteiger partial charge is 0.489 e. The molecule has 1 unspecified atom stereocenters. The predicted molar refractivity (Wildman–Crippen MR) is 215 cm³/mol. The number of aliphatic hydroxyl groups excluding tert-OH is 2. The van der Waals surface area contributed by atoms with Gasteiger partial charge in [-0.2, -0.15) is 0 Å². The molecular formula is C46H61FN2O8. The summed E-state index contributed by atoms with van der Waals surface area (Å²) >= 11 is 0. The Hall–Kier alpha value is -3.77. The van der Waals surface area contributed by atoms with Gasteiger partial charge >= 0.3 is 0 Å². The lowest BCUT2D eigenvalue weighted by molar-refractivity contribution is -0.258. The Labute approximate surface area is 337 Å². The maximum absolute atomic E-state index is 14.7. The molecule has 2 aliphatic heterocycles. The summed E-state index contributed by atoms with van der Waals surface area (Å²) in [5.74, 6) is -0.653. The van der Waals surface area contributed by atoms with E-state index in [9.17, 15) is 19.4 Å². The van der Waals surface area contributed by atoms with Gasteiger partial charge in [-0.25, -0.2) is 4.39 Å². The van der Waals surface area contributed by atoms with Crippen molar-refractivity contribution in [2.24, 2.45) is 28.8 Å². The van der Waals surface area contributed by atoms with Crippen LogP contribution in [0.5, 0.6) is 11.5 Å². The number of rotatable bonds is 20. The summed E-state index contributed by atoms with van der Waals surface area (Å²) in [4.78, 5) is 22.6. The molecule has 1 saturated heterocycles. The Bertz CT molecular complexity index is 1740. The van der Waals surface area contributed by atoms with Crippen LogP contribution in [-0.2, 0) is 25.7 Å². The van der Waals surface area contributed by atoms with Gasteiger partial charge in [-0.15, -0.1) is 6.58 Å². The van der Waals surface area contributed by atoms with Crippen LogP contribution in [0.2, 0.25) is 0 Å². The van der Waals surface area contributed by atoms with Crippen molar-refractivity contribution in [3.63, 3.8) is 0 Å². The molecule has 7 atom stereocenters.